The lowest BCUT2D eigenvalue weighted by molar-refractivity contribution is 0.141. The SMILES string of the molecule is CCC(N)Cc1ccc(OC2CCOC2)cn1. The van der Waals surface area contributed by atoms with Crippen molar-refractivity contribution < 1.29 is 9.47 Å². The van der Waals surface area contributed by atoms with Gasteiger partial charge in [0.15, 0.2) is 0 Å². The van der Waals surface area contributed by atoms with Crippen molar-refractivity contribution in [2.75, 3.05) is 13.2 Å². The molecular weight excluding hydrogens is 216 g/mol. The van der Waals surface area contributed by atoms with Crippen LogP contribution in [0, 0.1) is 0 Å². The minimum atomic E-state index is 0.181. The zero-order valence-corrected chi connectivity index (χ0v) is 10.3. The van der Waals surface area contributed by atoms with Gasteiger partial charge >= 0.3 is 0 Å². The molecule has 1 aliphatic rings. The standard InChI is InChI=1S/C13H20N2O2/c1-2-10(14)7-11-3-4-12(8-15-11)17-13-5-6-16-9-13/h3-4,8,10,13H,2,5-7,9,14H2,1H3. The van der Waals surface area contributed by atoms with Crippen LogP contribution in [0.25, 0.3) is 0 Å². The second kappa shape index (κ2) is 5.98. The molecule has 4 heteroatoms. The first-order valence-corrected chi connectivity index (χ1v) is 6.23. The van der Waals surface area contributed by atoms with E-state index in [-0.39, 0.29) is 12.1 Å². The molecule has 4 nitrogen and oxygen atoms in total. The van der Waals surface area contributed by atoms with Crippen LogP contribution in [0.4, 0.5) is 0 Å². The molecule has 0 amide bonds. The first-order valence-electron chi connectivity index (χ1n) is 6.23. The predicted octanol–water partition coefficient (Wildman–Crippen LogP) is 1.53. The smallest absolute Gasteiger partial charge is 0.138 e. The summed E-state index contributed by atoms with van der Waals surface area (Å²) in [6, 6.07) is 4.14. The lowest BCUT2D eigenvalue weighted by atomic mass is 10.1. The monoisotopic (exact) mass is 236 g/mol. The zero-order chi connectivity index (χ0) is 12.1. The molecule has 2 N–H and O–H groups in total. The minimum Gasteiger partial charge on any atom is -0.486 e. The van der Waals surface area contributed by atoms with Gasteiger partial charge in [0.1, 0.15) is 11.9 Å². The van der Waals surface area contributed by atoms with E-state index in [0.29, 0.717) is 6.61 Å². The number of nitrogens with zero attached hydrogens (tertiary/aromatic N) is 1. The van der Waals surface area contributed by atoms with Crippen molar-refractivity contribution in [3.63, 3.8) is 0 Å². The van der Waals surface area contributed by atoms with Crippen LogP contribution in [0.15, 0.2) is 18.3 Å². The molecule has 0 radical (unpaired) electrons. The van der Waals surface area contributed by atoms with Crippen molar-refractivity contribution in [3.05, 3.63) is 24.0 Å². The molecule has 1 aromatic heterocycles. The Morgan fingerprint density at radius 1 is 1.59 bits per heavy atom. The quantitative estimate of drug-likeness (QED) is 0.842. The third-order valence-electron chi connectivity index (χ3n) is 2.98. The van der Waals surface area contributed by atoms with Gasteiger partial charge in [-0.25, -0.2) is 0 Å². The summed E-state index contributed by atoms with van der Waals surface area (Å²) in [5, 5.41) is 0. The molecule has 0 bridgehead atoms. The topological polar surface area (TPSA) is 57.4 Å². The highest BCUT2D eigenvalue weighted by Crippen LogP contribution is 2.16. The van der Waals surface area contributed by atoms with E-state index in [1.54, 1.807) is 6.20 Å². The molecule has 0 aliphatic carbocycles. The van der Waals surface area contributed by atoms with Crippen molar-refractivity contribution in [2.24, 2.45) is 5.73 Å². The fourth-order valence-electron chi connectivity index (χ4n) is 1.81. The highest BCUT2D eigenvalue weighted by molar-refractivity contribution is 5.20. The molecule has 1 fully saturated rings. The Hall–Kier alpha value is -1.13. The van der Waals surface area contributed by atoms with Gasteiger partial charge in [-0.15, -0.1) is 0 Å². The Bertz CT molecular complexity index is 334. The van der Waals surface area contributed by atoms with Gasteiger partial charge in [-0.1, -0.05) is 6.92 Å². The summed E-state index contributed by atoms with van der Waals surface area (Å²) in [5.41, 5.74) is 6.91. The Kier molecular flexibility index (Phi) is 4.34. The number of pyridine rings is 1. The van der Waals surface area contributed by atoms with Gasteiger partial charge in [0.2, 0.25) is 0 Å². The number of nitrogens with two attached hydrogens (primary N) is 1. The van der Waals surface area contributed by atoms with Gasteiger partial charge in [0.05, 0.1) is 19.4 Å². The summed E-state index contributed by atoms with van der Waals surface area (Å²) in [7, 11) is 0. The largest absolute Gasteiger partial charge is 0.486 e. The lowest BCUT2D eigenvalue weighted by Gasteiger charge is -2.12. The summed E-state index contributed by atoms with van der Waals surface area (Å²) in [5.74, 6) is 0.814. The number of hydrogen-bond acceptors (Lipinski definition) is 4. The van der Waals surface area contributed by atoms with E-state index in [9.17, 15) is 0 Å². The molecule has 17 heavy (non-hydrogen) atoms. The lowest BCUT2D eigenvalue weighted by Crippen LogP contribution is -2.22. The molecular formula is C13H20N2O2. The average molecular weight is 236 g/mol. The van der Waals surface area contributed by atoms with Gasteiger partial charge in [-0.2, -0.15) is 0 Å². The molecule has 2 heterocycles. The number of rotatable bonds is 5. The van der Waals surface area contributed by atoms with Gasteiger partial charge < -0.3 is 15.2 Å². The second-order valence-electron chi connectivity index (χ2n) is 4.46. The van der Waals surface area contributed by atoms with Crippen molar-refractivity contribution in [1.82, 2.24) is 4.98 Å². The van der Waals surface area contributed by atoms with Gasteiger partial charge in [-0.3, -0.25) is 4.98 Å². The summed E-state index contributed by atoms with van der Waals surface area (Å²) >= 11 is 0. The summed E-state index contributed by atoms with van der Waals surface area (Å²) in [4.78, 5) is 4.36. The van der Waals surface area contributed by atoms with Crippen LogP contribution in [0.1, 0.15) is 25.5 Å². The number of aromatic nitrogens is 1. The number of hydrogen-bond donors (Lipinski definition) is 1. The molecule has 2 rings (SSSR count). The van der Waals surface area contributed by atoms with Crippen LogP contribution in [0.5, 0.6) is 5.75 Å². The van der Waals surface area contributed by atoms with Gasteiger partial charge in [0, 0.05) is 24.6 Å². The Morgan fingerprint density at radius 3 is 3.06 bits per heavy atom. The summed E-state index contributed by atoms with van der Waals surface area (Å²) in [6.45, 7) is 3.56. The van der Waals surface area contributed by atoms with Gasteiger partial charge in [0.25, 0.3) is 0 Å². The summed E-state index contributed by atoms with van der Waals surface area (Å²) < 4.78 is 11.0. The first-order chi connectivity index (χ1) is 8.28. The van der Waals surface area contributed by atoms with Crippen LogP contribution >= 0.6 is 0 Å². The molecule has 1 aliphatic heterocycles. The van der Waals surface area contributed by atoms with E-state index in [1.807, 2.05) is 12.1 Å². The molecule has 94 valence electrons. The van der Waals surface area contributed by atoms with Crippen LogP contribution < -0.4 is 10.5 Å². The molecule has 2 unspecified atom stereocenters. The van der Waals surface area contributed by atoms with E-state index >= 15 is 0 Å². The Morgan fingerprint density at radius 2 is 2.47 bits per heavy atom. The molecule has 0 spiro atoms. The minimum absolute atomic E-state index is 0.181. The molecule has 1 saturated heterocycles. The third-order valence-corrected chi connectivity index (χ3v) is 2.98. The van der Waals surface area contributed by atoms with Crippen molar-refractivity contribution >= 4 is 0 Å². The van der Waals surface area contributed by atoms with Crippen molar-refractivity contribution in [2.45, 2.75) is 38.3 Å². The maximum Gasteiger partial charge on any atom is 0.138 e. The fourth-order valence-corrected chi connectivity index (χ4v) is 1.81. The number of ether oxygens (including phenoxy) is 2. The molecule has 1 aromatic rings. The first kappa shape index (κ1) is 12.3. The average Bonchev–Trinajstić information content (AvgIpc) is 2.84. The van der Waals surface area contributed by atoms with Crippen LogP contribution in [-0.2, 0) is 11.2 Å². The second-order valence-corrected chi connectivity index (χ2v) is 4.46. The Balaban J connectivity index is 1.88. The highest BCUT2D eigenvalue weighted by atomic mass is 16.5. The zero-order valence-electron chi connectivity index (χ0n) is 10.3. The van der Waals surface area contributed by atoms with E-state index in [4.69, 9.17) is 15.2 Å². The van der Waals surface area contributed by atoms with Crippen molar-refractivity contribution in [3.8, 4) is 5.75 Å². The Labute approximate surface area is 102 Å². The fraction of sp³-hybridized carbons (Fsp3) is 0.615. The van der Waals surface area contributed by atoms with E-state index < -0.39 is 0 Å². The maximum absolute atomic E-state index is 5.89. The molecule has 0 saturated carbocycles. The highest BCUT2D eigenvalue weighted by Gasteiger charge is 2.17. The third kappa shape index (κ3) is 3.68. The maximum atomic E-state index is 5.89. The predicted molar refractivity (Wildman–Crippen MR) is 66.1 cm³/mol. The van der Waals surface area contributed by atoms with Crippen molar-refractivity contribution in [1.29, 1.82) is 0 Å². The normalized spacial score (nSPS) is 21.4. The molecule has 2 atom stereocenters. The van der Waals surface area contributed by atoms with Crippen LogP contribution in [-0.4, -0.2) is 30.3 Å². The van der Waals surface area contributed by atoms with Gasteiger partial charge in [-0.05, 0) is 18.6 Å². The van der Waals surface area contributed by atoms with E-state index in [2.05, 4.69) is 11.9 Å². The summed E-state index contributed by atoms with van der Waals surface area (Å²) in [6.07, 6.45) is 4.71. The van der Waals surface area contributed by atoms with E-state index in [0.717, 1.165) is 37.3 Å². The van der Waals surface area contributed by atoms with Crippen LogP contribution in [0.3, 0.4) is 0 Å². The van der Waals surface area contributed by atoms with E-state index in [1.165, 1.54) is 0 Å². The van der Waals surface area contributed by atoms with Crippen LogP contribution in [0.2, 0.25) is 0 Å². The molecule has 0 aromatic carbocycles.